The first-order chi connectivity index (χ1) is 10.1. The molecule has 0 radical (unpaired) electrons. The third kappa shape index (κ3) is 3.79. The molecule has 1 aromatic carbocycles. The van der Waals surface area contributed by atoms with E-state index in [1.807, 2.05) is 24.3 Å². The van der Waals surface area contributed by atoms with Crippen LogP contribution in [-0.4, -0.2) is 21.3 Å². The Kier molecular flexibility index (Phi) is 5.28. The Morgan fingerprint density at radius 3 is 2.52 bits per heavy atom. The molecule has 0 aliphatic heterocycles. The van der Waals surface area contributed by atoms with Gasteiger partial charge < -0.3 is 4.90 Å². The Morgan fingerprint density at radius 2 is 1.90 bits per heavy atom. The van der Waals surface area contributed by atoms with Crippen LogP contribution in [0.2, 0.25) is 0 Å². The zero-order valence-corrected chi connectivity index (χ0v) is 12.9. The van der Waals surface area contributed by atoms with E-state index >= 15 is 0 Å². The zero-order valence-electron chi connectivity index (χ0n) is 12.2. The van der Waals surface area contributed by atoms with Gasteiger partial charge in [-0.05, 0) is 31.0 Å². The molecule has 4 nitrogen and oxygen atoms in total. The van der Waals surface area contributed by atoms with Crippen LogP contribution in [0.25, 0.3) is 0 Å². The highest BCUT2D eigenvalue weighted by molar-refractivity contribution is 6.32. The standard InChI is InChI=1S/C16H18ClN3O/c1-3-13-7-4-5-8-14(13)20(16(21)12(2)17)11-15-18-9-6-10-19-15/h4-10,12H,3,11H2,1-2H3. The fourth-order valence-electron chi connectivity index (χ4n) is 2.12. The number of aryl methyl sites for hydroxylation is 1. The summed E-state index contributed by atoms with van der Waals surface area (Å²) in [6.07, 6.45) is 4.17. The lowest BCUT2D eigenvalue weighted by molar-refractivity contribution is -0.118. The number of rotatable bonds is 5. The molecule has 0 spiro atoms. The van der Waals surface area contributed by atoms with E-state index < -0.39 is 5.38 Å². The van der Waals surface area contributed by atoms with Crippen LogP contribution in [0.3, 0.4) is 0 Å². The third-order valence-electron chi connectivity index (χ3n) is 3.19. The van der Waals surface area contributed by atoms with Gasteiger partial charge in [-0.1, -0.05) is 25.1 Å². The molecular formula is C16H18ClN3O. The van der Waals surface area contributed by atoms with Crippen molar-refractivity contribution >= 4 is 23.2 Å². The van der Waals surface area contributed by atoms with Gasteiger partial charge in [0.25, 0.3) is 0 Å². The number of anilines is 1. The Balaban J connectivity index is 2.39. The molecule has 1 heterocycles. The van der Waals surface area contributed by atoms with Gasteiger partial charge in [-0.2, -0.15) is 0 Å². The van der Waals surface area contributed by atoms with Crippen LogP contribution in [0.1, 0.15) is 25.2 Å². The highest BCUT2D eigenvalue weighted by Crippen LogP contribution is 2.24. The molecule has 21 heavy (non-hydrogen) atoms. The van der Waals surface area contributed by atoms with Crippen molar-refractivity contribution in [3.63, 3.8) is 0 Å². The molecule has 0 fully saturated rings. The van der Waals surface area contributed by atoms with E-state index in [9.17, 15) is 4.79 Å². The van der Waals surface area contributed by atoms with Crippen molar-refractivity contribution in [2.24, 2.45) is 0 Å². The van der Waals surface area contributed by atoms with Crippen LogP contribution < -0.4 is 4.90 Å². The first-order valence-corrected chi connectivity index (χ1v) is 7.36. The molecule has 1 unspecified atom stereocenters. The normalized spacial score (nSPS) is 12.0. The zero-order chi connectivity index (χ0) is 15.2. The summed E-state index contributed by atoms with van der Waals surface area (Å²) >= 11 is 6.00. The average Bonchev–Trinajstić information content (AvgIpc) is 2.53. The maximum atomic E-state index is 12.5. The summed E-state index contributed by atoms with van der Waals surface area (Å²) in [7, 11) is 0. The molecule has 0 N–H and O–H groups in total. The molecule has 1 aromatic heterocycles. The van der Waals surface area contributed by atoms with E-state index in [2.05, 4.69) is 16.9 Å². The van der Waals surface area contributed by atoms with E-state index in [-0.39, 0.29) is 5.91 Å². The van der Waals surface area contributed by atoms with Crippen LogP contribution in [0.5, 0.6) is 0 Å². The van der Waals surface area contributed by atoms with Gasteiger partial charge in [0.1, 0.15) is 11.2 Å². The van der Waals surface area contributed by atoms with E-state index in [0.717, 1.165) is 17.7 Å². The first-order valence-electron chi connectivity index (χ1n) is 6.92. The number of amides is 1. The molecule has 0 saturated carbocycles. The topological polar surface area (TPSA) is 46.1 Å². The minimum absolute atomic E-state index is 0.148. The maximum absolute atomic E-state index is 12.5. The van der Waals surface area contributed by atoms with Crippen LogP contribution in [0.15, 0.2) is 42.7 Å². The number of aromatic nitrogens is 2. The molecule has 0 aliphatic carbocycles. The lowest BCUT2D eigenvalue weighted by Crippen LogP contribution is -2.36. The van der Waals surface area contributed by atoms with E-state index in [1.165, 1.54) is 0 Å². The number of para-hydroxylation sites is 1. The quantitative estimate of drug-likeness (QED) is 0.797. The largest absolute Gasteiger partial charge is 0.303 e. The van der Waals surface area contributed by atoms with Crippen molar-refractivity contribution in [2.45, 2.75) is 32.2 Å². The lowest BCUT2D eigenvalue weighted by Gasteiger charge is -2.25. The van der Waals surface area contributed by atoms with E-state index in [0.29, 0.717) is 12.4 Å². The molecule has 1 atom stereocenters. The second kappa shape index (κ2) is 7.18. The molecule has 5 heteroatoms. The monoisotopic (exact) mass is 303 g/mol. The van der Waals surface area contributed by atoms with Gasteiger partial charge in [0.15, 0.2) is 0 Å². The highest BCUT2D eigenvalue weighted by Gasteiger charge is 2.23. The van der Waals surface area contributed by atoms with Gasteiger partial charge in [0.2, 0.25) is 5.91 Å². The van der Waals surface area contributed by atoms with Crippen molar-refractivity contribution in [1.82, 2.24) is 9.97 Å². The smallest absolute Gasteiger partial charge is 0.245 e. The Labute approximate surface area is 129 Å². The van der Waals surface area contributed by atoms with E-state index in [4.69, 9.17) is 11.6 Å². The third-order valence-corrected chi connectivity index (χ3v) is 3.38. The first kappa shape index (κ1) is 15.4. The molecule has 110 valence electrons. The SMILES string of the molecule is CCc1ccccc1N(Cc1ncccn1)C(=O)C(C)Cl. The summed E-state index contributed by atoms with van der Waals surface area (Å²) in [6.45, 7) is 4.05. The average molecular weight is 304 g/mol. The van der Waals surface area contributed by atoms with Gasteiger partial charge in [-0.15, -0.1) is 11.6 Å². The summed E-state index contributed by atoms with van der Waals surface area (Å²) < 4.78 is 0. The molecule has 0 bridgehead atoms. The van der Waals surface area contributed by atoms with Gasteiger partial charge in [-0.25, -0.2) is 9.97 Å². The van der Waals surface area contributed by atoms with Crippen molar-refractivity contribution < 1.29 is 4.79 Å². The number of hydrogen-bond acceptors (Lipinski definition) is 3. The van der Waals surface area contributed by atoms with Crippen LogP contribution in [0.4, 0.5) is 5.69 Å². The van der Waals surface area contributed by atoms with Crippen LogP contribution in [0, 0.1) is 0 Å². The molecule has 2 rings (SSSR count). The predicted molar refractivity (Wildman–Crippen MR) is 84.4 cm³/mol. The minimum atomic E-state index is -0.598. The summed E-state index contributed by atoms with van der Waals surface area (Å²) in [6, 6.07) is 9.58. The maximum Gasteiger partial charge on any atom is 0.245 e. The molecule has 0 aliphatic rings. The van der Waals surface area contributed by atoms with Gasteiger partial charge in [-0.3, -0.25) is 4.79 Å². The fourth-order valence-corrected chi connectivity index (χ4v) is 2.24. The Bertz CT molecular complexity index is 601. The summed E-state index contributed by atoms with van der Waals surface area (Å²) in [4.78, 5) is 22.5. The number of benzene rings is 1. The van der Waals surface area contributed by atoms with Gasteiger partial charge >= 0.3 is 0 Å². The fraction of sp³-hybridized carbons (Fsp3) is 0.312. The molecular weight excluding hydrogens is 286 g/mol. The van der Waals surface area contributed by atoms with Crippen molar-refractivity contribution in [3.05, 3.63) is 54.1 Å². The molecule has 1 amide bonds. The number of carbonyl (C=O) groups is 1. The number of hydrogen-bond donors (Lipinski definition) is 0. The van der Waals surface area contributed by atoms with Gasteiger partial charge in [0, 0.05) is 18.1 Å². The predicted octanol–water partition coefficient (Wildman–Crippen LogP) is 3.20. The van der Waals surface area contributed by atoms with E-state index in [1.54, 1.807) is 30.3 Å². The van der Waals surface area contributed by atoms with Gasteiger partial charge in [0.05, 0.1) is 6.54 Å². The van der Waals surface area contributed by atoms with Crippen molar-refractivity contribution in [2.75, 3.05) is 4.90 Å². The Hall–Kier alpha value is -1.94. The van der Waals surface area contributed by atoms with Crippen LogP contribution in [-0.2, 0) is 17.8 Å². The highest BCUT2D eigenvalue weighted by atomic mass is 35.5. The number of alkyl halides is 1. The number of carbonyl (C=O) groups excluding carboxylic acids is 1. The number of nitrogens with zero attached hydrogens (tertiary/aromatic N) is 3. The second-order valence-electron chi connectivity index (χ2n) is 4.69. The second-order valence-corrected chi connectivity index (χ2v) is 5.34. The summed E-state index contributed by atoms with van der Waals surface area (Å²) in [5.41, 5.74) is 1.96. The number of halogens is 1. The molecule has 2 aromatic rings. The minimum Gasteiger partial charge on any atom is -0.303 e. The van der Waals surface area contributed by atoms with Crippen molar-refractivity contribution in [3.8, 4) is 0 Å². The summed E-state index contributed by atoms with van der Waals surface area (Å²) in [5.74, 6) is 0.444. The lowest BCUT2D eigenvalue weighted by atomic mass is 10.1. The van der Waals surface area contributed by atoms with Crippen molar-refractivity contribution in [1.29, 1.82) is 0 Å². The summed E-state index contributed by atoms with van der Waals surface area (Å²) in [5, 5.41) is -0.598. The Morgan fingerprint density at radius 1 is 1.24 bits per heavy atom. The van der Waals surface area contributed by atoms with Crippen LogP contribution >= 0.6 is 11.6 Å². The molecule has 0 saturated heterocycles.